The van der Waals surface area contributed by atoms with Crippen molar-refractivity contribution in [3.63, 3.8) is 0 Å². The highest BCUT2D eigenvalue weighted by molar-refractivity contribution is 7.89. The van der Waals surface area contributed by atoms with Crippen LogP contribution in [0.1, 0.15) is 10.4 Å². The van der Waals surface area contributed by atoms with Gasteiger partial charge in [-0.1, -0.05) is 29.3 Å². The maximum Gasteiger partial charge on any atom is 0.242 e. The number of aliphatic hydroxyl groups excluding tert-OH is 1. The minimum atomic E-state index is -3.74. The van der Waals surface area contributed by atoms with Gasteiger partial charge in [0.1, 0.15) is 4.90 Å². The molecule has 0 bridgehead atoms. The Balaban J connectivity index is 2.21. The van der Waals surface area contributed by atoms with Crippen molar-refractivity contribution in [1.82, 2.24) is 4.72 Å². The summed E-state index contributed by atoms with van der Waals surface area (Å²) in [7, 11) is -3.74. The van der Waals surface area contributed by atoms with Gasteiger partial charge in [0.15, 0.2) is 0 Å². The van der Waals surface area contributed by atoms with Crippen LogP contribution in [0, 0.1) is 0 Å². The summed E-state index contributed by atoms with van der Waals surface area (Å²) >= 11 is 13.0. The number of sulfonamides is 1. The molecule has 2 N–H and O–H groups in total. The van der Waals surface area contributed by atoms with Crippen LogP contribution in [0.25, 0.3) is 0 Å². The molecule has 20 heavy (non-hydrogen) atoms. The zero-order valence-electron chi connectivity index (χ0n) is 10.1. The van der Waals surface area contributed by atoms with Crippen LogP contribution in [0.15, 0.2) is 35.2 Å². The summed E-state index contributed by atoms with van der Waals surface area (Å²) in [4.78, 5) is 0.751. The second kappa shape index (κ2) is 6.43. The van der Waals surface area contributed by atoms with Crippen molar-refractivity contribution in [3.05, 3.63) is 50.1 Å². The summed E-state index contributed by atoms with van der Waals surface area (Å²) in [5.41, 5.74) is 0.481. The number of nitrogens with one attached hydrogen (secondary N) is 1. The van der Waals surface area contributed by atoms with E-state index < -0.39 is 10.0 Å². The van der Waals surface area contributed by atoms with Crippen molar-refractivity contribution in [3.8, 4) is 0 Å². The summed E-state index contributed by atoms with van der Waals surface area (Å²) < 4.78 is 27.4. The molecule has 8 heteroatoms. The average molecular weight is 352 g/mol. The molecule has 0 saturated heterocycles. The second-order valence-electron chi connectivity index (χ2n) is 3.95. The summed E-state index contributed by atoms with van der Waals surface area (Å²) in [6.45, 7) is -0.111. The predicted molar refractivity (Wildman–Crippen MR) is 80.7 cm³/mol. The number of hydrogen-bond acceptors (Lipinski definition) is 4. The fraction of sp³-hybridized carbons (Fsp3) is 0.167. The molecule has 2 rings (SSSR count). The third-order valence-corrected chi connectivity index (χ3v) is 5.65. The number of rotatable bonds is 5. The largest absolute Gasteiger partial charge is 0.392 e. The van der Waals surface area contributed by atoms with Crippen molar-refractivity contribution in [2.24, 2.45) is 0 Å². The van der Waals surface area contributed by atoms with Gasteiger partial charge in [-0.2, -0.15) is 0 Å². The zero-order valence-corrected chi connectivity index (χ0v) is 13.3. The SMILES string of the molecule is O=S(=O)(NCc1ccc(Cl)s1)c1cc(CO)ccc1Cl. The van der Waals surface area contributed by atoms with Crippen LogP contribution < -0.4 is 4.72 Å². The number of aliphatic hydroxyl groups is 1. The van der Waals surface area contributed by atoms with Crippen LogP contribution in [0.5, 0.6) is 0 Å². The highest BCUT2D eigenvalue weighted by Gasteiger charge is 2.18. The molecule has 1 aromatic heterocycles. The summed E-state index contributed by atoms with van der Waals surface area (Å²) in [5, 5.41) is 9.17. The Morgan fingerprint density at radius 2 is 1.95 bits per heavy atom. The molecular weight excluding hydrogens is 341 g/mol. The van der Waals surface area contributed by atoms with Crippen molar-refractivity contribution in [1.29, 1.82) is 0 Å². The maximum absolute atomic E-state index is 12.2. The van der Waals surface area contributed by atoms with Gasteiger partial charge in [0.25, 0.3) is 0 Å². The van der Waals surface area contributed by atoms with Gasteiger partial charge in [-0.25, -0.2) is 13.1 Å². The molecule has 0 unspecified atom stereocenters. The standard InChI is InChI=1S/C12H11Cl2NO3S2/c13-10-3-1-8(7-16)5-11(10)20(17,18)15-6-9-2-4-12(14)19-9/h1-5,15-16H,6-7H2. The first kappa shape index (κ1) is 15.8. The lowest BCUT2D eigenvalue weighted by Gasteiger charge is -2.09. The lowest BCUT2D eigenvalue weighted by molar-refractivity contribution is 0.281. The first-order chi connectivity index (χ1) is 9.42. The van der Waals surface area contributed by atoms with Crippen molar-refractivity contribution < 1.29 is 13.5 Å². The van der Waals surface area contributed by atoms with E-state index in [1.165, 1.54) is 23.5 Å². The molecule has 0 aliphatic rings. The van der Waals surface area contributed by atoms with E-state index in [4.69, 9.17) is 28.3 Å². The van der Waals surface area contributed by atoms with Crippen LogP contribution in [0.3, 0.4) is 0 Å². The van der Waals surface area contributed by atoms with Crippen molar-refractivity contribution >= 4 is 44.6 Å². The predicted octanol–water partition coefficient (Wildman–Crippen LogP) is 3.03. The van der Waals surface area contributed by atoms with Gasteiger partial charge in [0, 0.05) is 11.4 Å². The highest BCUT2D eigenvalue weighted by atomic mass is 35.5. The molecule has 4 nitrogen and oxygen atoms in total. The van der Waals surface area contributed by atoms with Gasteiger partial charge in [0.2, 0.25) is 10.0 Å². The Bertz CT molecular complexity index is 713. The van der Waals surface area contributed by atoms with Crippen LogP contribution in [0.4, 0.5) is 0 Å². The van der Waals surface area contributed by atoms with E-state index in [0.717, 1.165) is 4.88 Å². The van der Waals surface area contributed by atoms with E-state index in [-0.39, 0.29) is 23.1 Å². The number of hydrogen-bond donors (Lipinski definition) is 2. The van der Waals surface area contributed by atoms with E-state index in [9.17, 15) is 8.42 Å². The Labute approximate surface area is 131 Å². The molecule has 1 heterocycles. The molecule has 0 spiro atoms. The van der Waals surface area contributed by atoms with E-state index in [1.54, 1.807) is 18.2 Å². The van der Waals surface area contributed by atoms with E-state index >= 15 is 0 Å². The van der Waals surface area contributed by atoms with Crippen LogP contribution >= 0.6 is 34.5 Å². The normalized spacial score (nSPS) is 11.8. The Morgan fingerprint density at radius 3 is 2.55 bits per heavy atom. The van der Waals surface area contributed by atoms with E-state index in [2.05, 4.69) is 4.72 Å². The Kier molecular flexibility index (Phi) is 5.06. The van der Waals surface area contributed by atoms with Crippen LogP contribution in [-0.2, 0) is 23.2 Å². The Morgan fingerprint density at radius 1 is 1.20 bits per heavy atom. The number of halogens is 2. The summed E-state index contributed by atoms with van der Waals surface area (Å²) in [6, 6.07) is 7.83. The average Bonchev–Trinajstić information content (AvgIpc) is 2.83. The van der Waals surface area contributed by atoms with Crippen molar-refractivity contribution in [2.75, 3.05) is 0 Å². The topological polar surface area (TPSA) is 66.4 Å². The first-order valence-electron chi connectivity index (χ1n) is 5.55. The smallest absolute Gasteiger partial charge is 0.242 e. The molecule has 0 aliphatic heterocycles. The van der Waals surface area contributed by atoms with Gasteiger partial charge in [0.05, 0.1) is 16.0 Å². The van der Waals surface area contributed by atoms with Crippen molar-refractivity contribution in [2.45, 2.75) is 18.0 Å². The first-order valence-corrected chi connectivity index (χ1v) is 8.61. The summed E-state index contributed by atoms with van der Waals surface area (Å²) in [6.07, 6.45) is 0. The second-order valence-corrected chi connectivity index (χ2v) is 7.90. The molecule has 0 fully saturated rings. The molecular formula is C12H11Cl2NO3S2. The number of thiophene rings is 1. The lowest BCUT2D eigenvalue weighted by Crippen LogP contribution is -2.23. The highest BCUT2D eigenvalue weighted by Crippen LogP contribution is 2.24. The van der Waals surface area contributed by atoms with Gasteiger partial charge < -0.3 is 5.11 Å². The van der Waals surface area contributed by atoms with E-state index in [1.807, 2.05) is 0 Å². The molecule has 0 atom stereocenters. The third kappa shape index (κ3) is 3.72. The number of benzene rings is 1. The molecule has 2 aromatic rings. The molecule has 0 radical (unpaired) electrons. The monoisotopic (exact) mass is 351 g/mol. The Hall–Kier alpha value is -0.630. The van der Waals surface area contributed by atoms with E-state index in [0.29, 0.717) is 9.90 Å². The fourth-order valence-electron chi connectivity index (χ4n) is 1.54. The van der Waals surface area contributed by atoms with Gasteiger partial charge >= 0.3 is 0 Å². The minimum absolute atomic E-state index is 0.0478. The molecule has 0 aliphatic carbocycles. The molecule has 0 amide bonds. The zero-order chi connectivity index (χ0) is 14.8. The molecule has 108 valence electrons. The summed E-state index contributed by atoms with van der Waals surface area (Å²) in [5.74, 6) is 0. The quantitative estimate of drug-likeness (QED) is 0.869. The van der Waals surface area contributed by atoms with Crippen LogP contribution in [0.2, 0.25) is 9.36 Å². The lowest BCUT2D eigenvalue weighted by atomic mass is 10.2. The maximum atomic E-state index is 12.2. The van der Waals surface area contributed by atoms with Gasteiger partial charge in [-0.3, -0.25) is 0 Å². The third-order valence-electron chi connectivity index (χ3n) is 2.53. The molecule has 1 aromatic carbocycles. The van der Waals surface area contributed by atoms with Gasteiger partial charge in [-0.15, -0.1) is 11.3 Å². The van der Waals surface area contributed by atoms with Gasteiger partial charge in [-0.05, 0) is 29.8 Å². The fourth-order valence-corrected chi connectivity index (χ4v) is 4.22. The molecule has 0 saturated carbocycles. The van der Waals surface area contributed by atoms with Crippen LogP contribution in [-0.4, -0.2) is 13.5 Å². The minimum Gasteiger partial charge on any atom is -0.392 e.